The molecular weight excluding hydrogens is 397 g/mol. The van der Waals surface area contributed by atoms with E-state index in [1.165, 1.54) is 25.4 Å². The van der Waals surface area contributed by atoms with Crippen molar-refractivity contribution in [2.75, 3.05) is 17.7 Å². The lowest BCUT2D eigenvalue weighted by molar-refractivity contribution is -0.137. The van der Waals surface area contributed by atoms with Crippen LogP contribution in [0.15, 0.2) is 66.9 Å². The van der Waals surface area contributed by atoms with E-state index in [2.05, 4.69) is 20.9 Å². The van der Waals surface area contributed by atoms with Crippen LogP contribution in [0.3, 0.4) is 0 Å². The zero-order valence-electron chi connectivity index (χ0n) is 15.7. The number of anilines is 3. The second kappa shape index (κ2) is 8.64. The maximum Gasteiger partial charge on any atom is 0.417 e. The van der Waals surface area contributed by atoms with Crippen molar-refractivity contribution in [3.63, 3.8) is 0 Å². The molecule has 1 heterocycles. The number of pyridine rings is 1. The predicted molar refractivity (Wildman–Crippen MR) is 107 cm³/mol. The zero-order chi connectivity index (χ0) is 21.7. The Kier molecular flexibility index (Phi) is 6.01. The summed E-state index contributed by atoms with van der Waals surface area (Å²) in [6.07, 6.45) is -3.14. The van der Waals surface area contributed by atoms with Gasteiger partial charge in [0, 0.05) is 30.3 Å². The van der Waals surface area contributed by atoms with Crippen LogP contribution in [0.4, 0.5) is 30.2 Å². The van der Waals surface area contributed by atoms with E-state index in [9.17, 15) is 22.8 Å². The van der Waals surface area contributed by atoms with E-state index < -0.39 is 23.2 Å². The third-order valence-corrected chi connectivity index (χ3v) is 4.13. The quantitative estimate of drug-likeness (QED) is 0.576. The predicted octanol–water partition coefficient (Wildman–Crippen LogP) is 4.46. The molecule has 30 heavy (non-hydrogen) atoms. The van der Waals surface area contributed by atoms with Crippen molar-refractivity contribution in [2.24, 2.45) is 0 Å². The van der Waals surface area contributed by atoms with Crippen molar-refractivity contribution < 1.29 is 22.8 Å². The second-order valence-electron chi connectivity index (χ2n) is 6.21. The van der Waals surface area contributed by atoms with Crippen molar-refractivity contribution in [2.45, 2.75) is 6.18 Å². The number of halogens is 3. The van der Waals surface area contributed by atoms with Crippen molar-refractivity contribution in [1.29, 1.82) is 0 Å². The summed E-state index contributed by atoms with van der Waals surface area (Å²) in [5.41, 5.74) is 0.409. The fourth-order valence-electron chi connectivity index (χ4n) is 2.69. The molecule has 0 fully saturated rings. The van der Waals surface area contributed by atoms with Crippen LogP contribution in [0.1, 0.15) is 26.4 Å². The third-order valence-electron chi connectivity index (χ3n) is 4.13. The molecular formula is C21H17F3N4O2. The highest BCUT2D eigenvalue weighted by atomic mass is 19.4. The molecule has 9 heteroatoms. The molecule has 0 atom stereocenters. The van der Waals surface area contributed by atoms with Crippen LogP contribution >= 0.6 is 0 Å². The van der Waals surface area contributed by atoms with Crippen LogP contribution in [0, 0.1) is 0 Å². The molecule has 0 aliphatic rings. The second-order valence-corrected chi connectivity index (χ2v) is 6.21. The van der Waals surface area contributed by atoms with Crippen LogP contribution in [0.2, 0.25) is 0 Å². The minimum Gasteiger partial charge on any atom is -0.355 e. The van der Waals surface area contributed by atoms with E-state index >= 15 is 0 Å². The molecule has 3 rings (SSSR count). The number of nitrogens with one attached hydrogen (secondary N) is 3. The van der Waals surface area contributed by atoms with Gasteiger partial charge in [0.1, 0.15) is 5.69 Å². The van der Waals surface area contributed by atoms with E-state index in [-0.39, 0.29) is 11.6 Å². The largest absolute Gasteiger partial charge is 0.417 e. The van der Waals surface area contributed by atoms with Gasteiger partial charge in [-0.25, -0.2) is 0 Å². The summed E-state index contributed by atoms with van der Waals surface area (Å²) in [6.45, 7) is 0. The number of rotatable bonds is 5. The molecule has 0 unspecified atom stereocenters. The molecule has 0 aliphatic carbocycles. The normalized spacial score (nSPS) is 10.9. The van der Waals surface area contributed by atoms with Gasteiger partial charge in [-0.2, -0.15) is 13.2 Å². The Balaban J connectivity index is 1.71. The fourth-order valence-corrected chi connectivity index (χ4v) is 2.69. The average molecular weight is 414 g/mol. The van der Waals surface area contributed by atoms with E-state index in [1.54, 1.807) is 36.4 Å². The van der Waals surface area contributed by atoms with Crippen molar-refractivity contribution in [3.8, 4) is 0 Å². The highest BCUT2D eigenvalue weighted by molar-refractivity contribution is 6.05. The fraction of sp³-hybridized carbons (Fsp3) is 0.0952. The Morgan fingerprint density at radius 2 is 1.53 bits per heavy atom. The molecule has 0 aliphatic heterocycles. The van der Waals surface area contributed by atoms with Crippen molar-refractivity contribution >= 4 is 28.9 Å². The topological polar surface area (TPSA) is 83.1 Å². The minimum absolute atomic E-state index is 0.245. The van der Waals surface area contributed by atoms with Gasteiger partial charge in [0.05, 0.1) is 11.1 Å². The number of hydrogen-bond acceptors (Lipinski definition) is 4. The van der Waals surface area contributed by atoms with E-state index in [4.69, 9.17) is 0 Å². The number of alkyl halides is 3. The maximum absolute atomic E-state index is 13.1. The van der Waals surface area contributed by atoms with Crippen LogP contribution in [0.5, 0.6) is 0 Å². The first-order valence-electron chi connectivity index (χ1n) is 8.81. The molecule has 2 amide bonds. The Hall–Kier alpha value is -3.88. The smallest absolute Gasteiger partial charge is 0.355 e. The monoisotopic (exact) mass is 414 g/mol. The summed E-state index contributed by atoms with van der Waals surface area (Å²) < 4.78 is 39.3. The van der Waals surface area contributed by atoms with Crippen LogP contribution in [0.25, 0.3) is 0 Å². The van der Waals surface area contributed by atoms with Crippen molar-refractivity contribution in [3.05, 3.63) is 83.7 Å². The Morgan fingerprint density at radius 1 is 0.867 bits per heavy atom. The number of amides is 2. The van der Waals surface area contributed by atoms with Crippen LogP contribution in [-0.4, -0.2) is 23.8 Å². The lowest BCUT2D eigenvalue weighted by atomic mass is 10.1. The molecule has 6 nitrogen and oxygen atoms in total. The van der Waals surface area contributed by atoms with E-state index in [1.807, 2.05) is 0 Å². The molecule has 3 aromatic rings. The Labute approximate surface area is 170 Å². The minimum atomic E-state index is -4.63. The lowest BCUT2D eigenvalue weighted by Gasteiger charge is -2.13. The summed E-state index contributed by atoms with van der Waals surface area (Å²) in [6, 6.07) is 14.2. The standard InChI is InChI=1S/C21H17F3N4O2/c1-25-20(30)18-12-15(10-11-26-18)27-13-6-8-14(9-7-13)28-19(29)16-4-2-3-5-17(16)21(22,23)24/h2-12H,1H3,(H,25,30)(H,26,27)(H,28,29). The van der Waals surface area contributed by atoms with E-state index in [0.717, 1.165) is 12.1 Å². The molecule has 0 radical (unpaired) electrons. The summed E-state index contributed by atoms with van der Waals surface area (Å²) >= 11 is 0. The third kappa shape index (κ3) is 4.93. The summed E-state index contributed by atoms with van der Waals surface area (Å²) in [5.74, 6) is -1.18. The Morgan fingerprint density at radius 3 is 2.20 bits per heavy atom. The van der Waals surface area contributed by atoms with Crippen LogP contribution < -0.4 is 16.0 Å². The molecule has 0 saturated carbocycles. The average Bonchev–Trinajstić information content (AvgIpc) is 2.74. The molecule has 0 bridgehead atoms. The molecule has 1 aromatic heterocycles. The van der Waals surface area contributed by atoms with Crippen LogP contribution in [-0.2, 0) is 6.18 Å². The van der Waals surface area contributed by atoms with Gasteiger partial charge in [0.25, 0.3) is 11.8 Å². The number of hydrogen-bond donors (Lipinski definition) is 3. The van der Waals surface area contributed by atoms with Gasteiger partial charge >= 0.3 is 6.18 Å². The molecule has 3 N–H and O–H groups in total. The zero-order valence-corrected chi connectivity index (χ0v) is 15.7. The van der Waals surface area contributed by atoms with Gasteiger partial charge in [-0.3, -0.25) is 14.6 Å². The van der Waals surface area contributed by atoms with Gasteiger partial charge in [-0.15, -0.1) is 0 Å². The molecule has 154 valence electrons. The molecule has 0 spiro atoms. The molecule has 2 aromatic carbocycles. The first-order valence-corrected chi connectivity index (χ1v) is 8.81. The Bertz CT molecular complexity index is 1070. The van der Waals surface area contributed by atoms with Gasteiger partial charge in [-0.05, 0) is 48.5 Å². The van der Waals surface area contributed by atoms with Crippen molar-refractivity contribution in [1.82, 2.24) is 10.3 Å². The molecule has 0 saturated heterocycles. The highest BCUT2D eigenvalue weighted by Crippen LogP contribution is 2.32. The van der Waals surface area contributed by atoms with E-state index in [0.29, 0.717) is 17.1 Å². The maximum atomic E-state index is 13.1. The number of nitrogens with zero attached hydrogens (tertiary/aromatic N) is 1. The number of carbonyl (C=O) groups is 2. The van der Waals surface area contributed by atoms with Gasteiger partial charge < -0.3 is 16.0 Å². The number of carbonyl (C=O) groups excluding carboxylic acids is 2. The number of aromatic nitrogens is 1. The lowest BCUT2D eigenvalue weighted by Crippen LogP contribution is -2.19. The van der Waals surface area contributed by atoms with Gasteiger partial charge in [0.15, 0.2) is 0 Å². The highest BCUT2D eigenvalue weighted by Gasteiger charge is 2.34. The first kappa shape index (κ1) is 20.8. The summed E-state index contributed by atoms with van der Waals surface area (Å²) in [4.78, 5) is 27.9. The number of benzene rings is 2. The summed E-state index contributed by atoms with van der Waals surface area (Å²) in [7, 11) is 1.50. The SMILES string of the molecule is CNC(=O)c1cc(Nc2ccc(NC(=O)c3ccccc3C(F)(F)F)cc2)ccn1. The first-order chi connectivity index (χ1) is 14.3. The summed E-state index contributed by atoms with van der Waals surface area (Å²) in [5, 5.41) is 8.03. The van der Waals surface area contributed by atoms with Gasteiger partial charge in [0.2, 0.25) is 0 Å². The van der Waals surface area contributed by atoms with Gasteiger partial charge in [-0.1, -0.05) is 12.1 Å².